The number of carbonyl (C=O) groups excluding carboxylic acids is 2. The molecule has 4 rings (SSSR count). The van der Waals surface area contributed by atoms with E-state index < -0.39 is 17.4 Å². The molecule has 0 saturated heterocycles. The van der Waals surface area contributed by atoms with E-state index in [0.717, 1.165) is 78.4 Å². The molecule has 0 radical (unpaired) electrons. The first-order chi connectivity index (χ1) is 15.2. The molecule has 2 aliphatic carbocycles. The maximum Gasteiger partial charge on any atom is 0.338 e. The number of benzene rings is 2. The van der Waals surface area contributed by atoms with E-state index in [-0.39, 0.29) is 10.9 Å². The van der Waals surface area contributed by atoms with E-state index in [1.807, 2.05) is 0 Å². The van der Waals surface area contributed by atoms with Gasteiger partial charge in [-0.1, -0.05) is 6.07 Å². The number of aliphatic hydroxyl groups is 1. The maximum absolute atomic E-state index is 14.2. The average molecular weight is 459 g/mol. The van der Waals surface area contributed by atoms with Gasteiger partial charge in [-0.3, -0.25) is 4.72 Å². The number of amides is 2. The zero-order valence-electron chi connectivity index (χ0n) is 18.4. The summed E-state index contributed by atoms with van der Waals surface area (Å²) in [7, 11) is 1.40. The number of esters is 1. The van der Waals surface area contributed by atoms with Crippen LogP contribution in [-0.4, -0.2) is 24.2 Å². The molecular weight excluding hydrogens is 431 g/mol. The van der Waals surface area contributed by atoms with Crippen LogP contribution in [-0.2, 0) is 36.0 Å². The summed E-state index contributed by atoms with van der Waals surface area (Å²) >= 11 is 0.861. The van der Waals surface area contributed by atoms with E-state index in [1.165, 1.54) is 25.3 Å². The molecule has 0 fully saturated rings. The number of hydrogen-bond donors (Lipinski definition) is 3. The Morgan fingerprint density at radius 2 is 1.66 bits per heavy atom. The number of rotatable bonds is 5. The van der Waals surface area contributed by atoms with Gasteiger partial charge in [0.05, 0.1) is 23.2 Å². The Morgan fingerprint density at radius 3 is 2.22 bits per heavy atom. The Balaban J connectivity index is 1.57. The Kier molecular flexibility index (Phi) is 6.18. The molecule has 2 amide bonds. The minimum absolute atomic E-state index is 0.219. The van der Waals surface area contributed by atoms with Gasteiger partial charge in [-0.05, 0) is 104 Å². The molecule has 0 aromatic heterocycles. The molecule has 6 nitrogen and oxygen atoms in total. The highest BCUT2D eigenvalue weighted by atomic mass is 32.2. The number of ether oxygens (including phenoxy) is 1. The summed E-state index contributed by atoms with van der Waals surface area (Å²) < 4.78 is 21.9. The van der Waals surface area contributed by atoms with Crippen molar-refractivity contribution >= 4 is 29.6 Å². The third-order valence-electron chi connectivity index (χ3n) is 6.16. The van der Waals surface area contributed by atoms with E-state index in [9.17, 15) is 19.1 Å². The Bertz CT molecular complexity index is 1060. The third kappa shape index (κ3) is 4.21. The van der Waals surface area contributed by atoms with Crippen LogP contribution in [0.1, 0.15) is 64.9 Å². The normalized spacial score (nSPS) is 14.7. The highest BCUT2D eigenvalue weighted by Gasteiger charge is 2.32. The van der Waals surface area contributed by atoms with Crippen molar-refractivity contribution in [2.75, 3.05) is 12.4 Å². The standard InChI is InChI=1S/C24H27FN2O4S/c1-24(2,30)13-10-11-18(25)19(12-13)32-27-23(29)26-21-16-8-4-6-14(16)20(22(28)31-3)15-7-5-9-17(15)21/h10-12,30H,4-9H2,1-3H3,(H2,26,27,29). The van der Waals surface area contributed by atoms with Crippen LogP contribution in [0.5, 0.6) is 0 Å². The molecular formula is C24H27FN2O4S. The number of nitrogens with one attached hydrogen (secondary N) is 2. The zero-order valence-corrected chi connectivity index (χ0v) is 19.2. The summed E-state index contributed by atoms with van der Waals surface area (Å²) in [6, 6.07) is 3.87. The van der Waals surface area contributed by atoms with Gasteiger partial charge in [0.25, 0.3) is 0 Å². The molecule has 0 heterocycles. The van der Waals surface area contributed by atoms with Gasteiger partial charge in [-0.2, -0.15) is 0 Å². The largest absolute Gasteiger partial charge is 0.465 e. The molecule has 32 heavy (non-hydrogen) atoms. The second kappa shape index (κ2) is 8.75. The first kappa shape index (κ1) is 22.6. The van der Waals surface area contributed by atoms with Crippen LogP contribution in [0.4, 0.5) is 14.9 Å². The summed E-state index contributed by atoms with van der Waals surface area (Å²) in [5.74, 6) is -0.789. The highest BCUT2D eigenvalue weighted by Crippen LogP contribution is 2.42. The topological polar surface area (TPSA) is 87.7 Å². The number of methoxy groups -OCH3 is 1. The highest BCUT2D eigenvalue weighted by molar-refractivity contribution is 7.98. The molecule has 2 aliphatic rings. The van der Waals surface area contributed by atoms with Crippen LogP contribution in [0.25, 0.3) is 0 Å². The predicted octanol–water partition coefficient (Wildman–Crippen LogP) is 4.65. The molecule has 0 atom stereocenters. The second-order valence-corrected chi connectivity index (χ2v) is 9.57. The smallest absolute Gasteiger partial charge is 0.338 e. The fraction of sp³-hybridized carbons (Fsp3) is 0.417. The Morgan fingerprint density at radius 1 is 1.06 bits per heavy atom. The van der Waals surface area contributed by atoms with Crippen LogP contribution < -0.4 is 10.0 Å². The summed E-state index contributed by atoms with van der Waals surface area (Å²) in [5, 5.41) is 13.1. The Hall–Kier alpha value is -2.58. The van der Waals surface area contributed by atoms with E-state index in [1.54, 1.807) is 13.8 Å². The summed E-state index contributed by atoms with van der Waals surface area (Å²) in [6.45, 7) is 3.24. The summed E-state index contributed by atoms with van der Waals surface area (Å²) in [6.07, 6.45) is 4.99. The van der Waals surface area contributed by atoms with Crippen molar-refractivity contribution < 1.29 is 23.8 Å². The van der Waals surface area contributed by atoms with Crippen LogP contribution in [0.3, 0.4) is 0 Å². The van der Waals surface area contributed by atoms with Crippen molar-refractivity contribution in [3.63, 3.8) is 0 Å². The predicted molar refractivity (Wildman–Crippen MR) is 121 cm³/mol. The zero-order chi connectivity index (χ0) is 23.0. The average Bonchev–Trinajstić information content (AvgIpc) is 3.41. The van der Waals surface area contributed by atoms with Gasteiger partial charge in [0.15, 0.2) is 0 Å². The minimum atomic E-state index is -1.12. The van der Waals surface area contributed by atoms with Crippen molar-refractivity contribution in [2.45, 2.75) is 62.9 Å². The number of hydrogen-bond acceptors (Lipinski definition) is 5. The van der Waals surface area contributed by atoms with Crippen molar-refractivity contribution in [1.29, 1.82) is 0 Å². The molecule has 8 heteroatoms. The monoisotopic (exact) mass is 458 g/mol. The maximum atomic E-state index is 14.2. The SMILES string of the molecule is COC(=O)c1c2c(c(NC(=O)NSc3cc(C(C)(C)O)ccc3F)c3c1CCC3)CCC2. The van der Waals surface area contributed by atoms with Gasteiger partial charge in [0.2, 0.25) is 0 Å². The molecule has 170 valence electrons. The van der Waals surface area contributed by atoms with E-state index in [2.05, 4.69) is 10.0 Å². The number of halogens is 1. The Labute approximate surface area is 191 Å². The van der Waals surface area contributed by atoms with E-state index in [0.29, 0.717) is 11.1 Å². The summed E-state index contributed by atoms with van der Waals surface area (Å²) in [5.41, 5.74) is 4.85. The lowest BCUT2D eigenvalue weighted by Gasteiger charge is -2.20. The van der Waals surface area contributed by atoms with Crippen LogP contribution in [0.2, 0.25) is 0 Å². The number of carbonyl (C=O) groups is 2. The van der Waals surface area contributed by atoms with Crippen LogP contribution in [0.15, 0.2) is 23.1 Å². The van der Waals surface area contributed by atoms with Crippen molar-refractivity contribution in [3.05, 3.63) is 57.4 Å². The van der Waals surface area contributed by atoms with E-state index in [4.69, 9.17) is 4.74 Å². The van der Waals surface area contributed by atoms with Gasteiger partial charge in [0.1, 0.15) is 5.82 Å². The molecule has 0 unspecified atom stereocenters. The molecule has 0 spiro atoms. The minimum Gasteiger partial charge on any atom is -0.465 e. The lowest BCUT2D eigenvalue weighted by molar-refractivity contribution is 0.0598. The van der Waals surface area contributed by atoms with Crippen molar-refractivity contribution in [1.82, 2.24) is 4.72 Å². The van der Waals surface area contributed by atoms with Crippen molar-refractivity contribution in [3.8, 4) is 0 Å². The van der Waals surface area contributed by atoms with Crippen LogP contribution in [0, 0.1) is 5.82 Å². The molecule has 3 N–H and O–H groups in total. The van der Waals surface area contributed by atoms with Gasteiger partial charge < -0.3 is 15.2 Å². The first-order valence-electron chi connectivity index (χ1n) is 10.7. The van der Waals surface area contributed by atoms with E-state index >= 15 is 0 Å². The van der Waals surface area contributed by atoms with Crippen molar-refractivity contribution in [2.24, 2.45) is 0 Å². The first-order valence-corrected chi connectivity index (χ1v) is 11.6. The van der Waals surface area contributed by atoms with Gasteiger partial charge in [0, 0.05) is 5.69 Å². The lowest BCUT2D eigenvalue weighted by Crippen LogP contribution is -2.25. The molecule has 0 bridgehead atoms. The second-order valence-electron chi connectivity index (χ2n) is 8.73. The molecule has 2 aromatic rings. The van der Waals surface area contributed by atoms with Gasteiger partial charge in [-0.15, -0.1) is 0 Å². The molecule has 2 aromatic carbocycles. The van der Waals surface area contributed by atoms with Gasteiger partial charge in [-0.25, -0.2) is 14.0 Å². The number of fused-ring (bicyclic) bond motifs is 2. The van der Waals surface area contributed by atoms with Crippen LogP contribution >= 0.6 is 11.9 Å². The quantitative estimate of drug-likeness (QED) is 0.449. The molecule has 0 saturated carbocycles. The summed E-state index contributed by atoms with van der Waals surface area (Å²) in [4.78, 5) is 25.4. The lowest BCUT2D eigenvalue weighted by atomic mass is 9.92. The third-order valence-corrected chi connectivity index (χ3v) is 6.98. The molecule has 0 aliphatic heterocycles. The van der Waals surface area contributed by atoms with Gasteiger partial charge >= 0.3 is 12.0 Å². The fourth-order valence-corrected chi connectivity index (χ4v) is 5.26. The number of urea groups is 1. The fourth-order valence-electron chi connectivity index (χ4n) is 4.66. The number of anilines is 1.